The average Bonchev–Trinajstić information content (AvgIpc) is 3.06. The molecule has 1 aliphatic rings. The van der Waals surface area contributed by atoms with Gasteiger partial charge in [-0.1, -0.05) is 0 Å². The molecule has 0 bridgehead atoms. The van der Waals surface area contributed by atoms with E-state index >= 15 is 0 Å². The number of rotatable bonds is 7. The summed E-state index contributed by atoms with van der Waals surface area (Å²) in [5, 5.41) is 3.30. The third kappa shape index (κ3) is 6.59. The maximum absolute atomic E-state index is 12.4. The molecule has 2 aromatic rings. The second-order valence-corrected chi connectivity index (χ2v) is 9.44. The number of aliphatic imine (C=N–C) groups is 1. The molecule has 7 nitrogen and oxygen atoms in total. The number of ether oxygens (including phenoxy) is 3. The average molecular weight is 664 g/mol. The van der Waals surface area contributed by atoms with Crippen molar-refractivity contribution in [3.8, 4) is 11.5 Å². The fraction of sp³-hybridized carbons (Fsp3) is 0.190. The Morgan fingerprint density at radius 3 is 2.48 bits per heavy atom. The van der Waals surface area contributed by atoms with Crippen molar-refractivity contribution in [2.24, 2.45) is 4.99 Å². The molecule has 10 heteroatoms. The van der Waals surface area contributed by atoms with Crippen molar-refractivity contribution >= 4 is 85.8 Å². The first kappa shape index (κ1) is 23.9. The van der Waals surface area contributed by atoms with Crippen LogP contribution < -0.4 is 14.8 Å². The van der Waals surface area contributed by atoms with Crippen LogP contribution >= 0.6 is 56.9 Å². The first-order valence-electron chi connectivity index (χ1n) is 9.10. The van der Waals surface area contributed by atoms with Crippen LogP contribution in [0.25, 0.3) is 6.08 Å². The van der Waals surface area contributed by atoms with Gasteiger partial charge in [-0.05, 0) is 112 Å². The molecule has 0 radical (unpaired) electrons. The van der Waals surface area contributed by atoms with E-state index in [0.29, 0.717) is 22.4 Å². The van der Waals surface area contributed by atoms with Crippen molar-refractivity contribution in [2.75, 3.05) is 20.3 Å². The summed E-state index contributed by atoms with van der Waals surface area (Å²) < 4.78 is 17.3. The minimum absolute atomic E-state index is 0.149. The summed E-state index contributed by atoms with van der Waals surface area (Å²) in [6, 6.07) is 11.0. The number of methoxy groups -OCH3 is 1. The zero-order valence-corrected chi connectivity index (χ0v) is 21.7. The predicted octanol–water partition coefficient (Wildman–Crippen LogP) is 4.74. The van der Waals surface area contributed by atoms with Crippen molar-refractivity contribution in [1.82, 2.24) is 5.32 Å². The van der Waals surface area contributed by atoms with Crippen molar-refractivity contribution in [3.05, 3.63) is 54.0 Å². The van der Waals surface area contributed by atoms with Gasteiger partial charge in [0.05, 0.1) is 31.4 Å². The summed E-state index contributed by atoms with van der Waals surface area (Å²) in [5.74, 6) is 0.737. The number of amides is 1. The quantitative estimate of drug-likeness (QED) is 0.262. The molecule has 31 heavy (non-hydrogen) atoms. The first-order chi connectivity index (χ1) is 14.9. The number of halogens is 2. The molecule has 0 saturated carbocycles. The molecular weight excluding hydrogens is 646 g/mol. The Balaban J connectivity index is 1.74. The number of nitrogens with zero attached hydrogens (tertiary/aromatic N) is 1. The van der Waals surface area contributed by atoms with Gasteiger partial charge in [-0.2, -0.15) is 0 Å². The molecule has 0 aromatic heterocycles. The van der Waals surface area contributed by atoms with Crippen LogP contribution in [-0.2, 0) is 14.3 Å². The molecule has 3 rings (SSSR count). The van der Waals surface area contributed by atoms with E-state index in [9.17, 15) is 9.59 Å². The van der Waals surface area contributed by atoms with Gasteiger partial charge in [0.15, 0.2) is 11.8 Å². The van der Waals surface area contributed by atoms with Gasteiger partial charge in [0.2, 0.25) is 0 Å². The molecule has 1 aliphatic heterocycles. The molecule has 0 unspecified atom stereocenters. The lowest BCUT2D eigenvalue weighted by molar-refractivity contribution is -0.145. The van der Waals surface area contributed by atoms with E-state index in [1.54, 1.807) is 20.1 Å². The van der Waals surface area contributed by atoms with Crippen LogP contribution in [-0.4, -0.2) is 37.4 Å². The number of hydrogen-bond acceptors (Lipinski definition) is 7. The fourth-order valence-electron chi connectivity index (χ4n) is 2.54. The molecule has 0 atom stereocenters. The van der Waals surface area contributed by atoms with Crippen molar-refractivity contribution in [2.45, 2.75) is 6.92 Å². The van der Waals surface area contributed by atoms with Gasteiger partial charge in [-0.25, -0.2) is 9.79 Å². The van der Waals surface area contributed by atoms with Crippen LogP contribution in [0.15, 0.2) is 46.3 Å². The molecular formula is C21H18I2N2O5S. The van der Waals surface area contributed by atoms with E-state index in [-0.39, 0.29) is 12.5 Å². The highest BCUT2D eigenvalue weighted by Crippen LogP contribution is 2.33. The number of esters is 1. The summed E-state index contributed by atoms with van der Waals surface area (Å²) >= 11 is 5.56. The lowest BCUT2D eigenvalue weighted by Crippen LogP contribution is -2.19. The largest absolute Gasteiger partial charge is 0.497 e. The highest BCUT2D eigenvalue weighted by Gasteiger charge is 2.24. The molecule has 1 saturated heterocycles. The highest BCUT2D eigenvalue weighted by atomic mass is 127. The topological polar surface area (TPSA) is 86.2 Å². The number of amidine groups is 1. The lowest BCUT2D eigenvalue weighted by Gasteiger charge is -2.11. The van der Waals surface area contributed by atoms with Gasteiger partial charge in [0.1, 0.15) is 11.5 Å². The SMILES string of the molecule is CCOC(=O)COc1c(I)cc(/C=C2/SC(=Nc3ccc(OC)cc3)NC2=O)cc1I. The van der Waals surface area contributed by atoms with E-state index in [1.165, 1.54) is 11.8 Å². The Morgan fingerprint density at radius 2 is 1.87 bits per heavy atom. The Morgan fingerprint density at radius 1 is 1.19 bits per heavy atom. The third-order valence-corrected chi connectivity index (χ3v) is 6.42. The molecule has 1 fully saturated rings. The molecule has 0 aliphatic carbocycles. The second kappa shape index (κ2) is 11.2. The van der Waals surface area contributed by atoms with Crippen LogP contribution in [0.4, 0.5) is 5.69 Å². The molecule has 1 N–H and O–H groups in total. The van der Waals surface area contributed by atoms with Gasteiger partial charge in [-0.15, -0.1) is 0 Å². The second-order valence-electron chi connectivity index (χ2n) is 6.09. The maximum Gasteiger partial charge on any atom is 0.344 e. The lowest BCUT2D eigenvalue weighted by atomic mass is 10.2. The van der Waals surface area contributed by atoms with Crippen LogP contribution in [0.1, 0.15) is 12.5 Å². The monoisotopic (exact) mass is 664 g/mol. The van der Waals surface area contributed by atoms with E-state index in [4.69, 9.17) is 14.2 Å². The van der Waals surface area contributed by atoms with Gasteiger partial charge in [0.25, 0.3) is 5.91 Å². The minimum Gasteiger partial charge on any atom is -0.497 e. The number of hydrogen-bond donors (Lipinski definition) is 1. The summed E-state index contributed by atoms with van der Waals surface area (Å²) in [7, 11) is 1.60. The summed E-state index contributed by atoms with van der Waals surface area (Å²) in [6.07, 6.45) is 1.80. The van der Waals surface area contributed by atoms with E-state index in [1.807, 2.05) is 36.4 Å². The Hall–Kier alpha value is -1.80. The molecule has 1 amide bonds. The fourth-order valence-corrected chi connectivity index (χ4v) is 5.51. The van der Waals surface area contributed by atoms with Gasteiger partial charge in [0, 0.05) is 0 Å². The van der Waals surface area contributed by atoms with E-state index in [0.717, 1.165) is 24.1 Å². The number of nitrogens with one attached hydrogen (secondary N) is 1. The predicted molar refractivity (Wildman–Crippen MR) is 138 cm³/mol. The molecule has 0 spiro atoms. The first-order valence-corrected chi connectivity index (χ1v) is 12.1. The number of thioether (sulfide) groups is 1. The van der Waals surface area contributed by atoms with Gasteiger partial charge >= 0.3 is 5.97 Å². The normalized spacial score (nSPS) is 15.8. The van der Waals surface area contributed by atoms with Crippen LogP contribution in [0.3, 0.4) is 0 Å². The highest BCUT2D eigenvalue weighted by molar-refractivity contribution is 14.1. The number of carbonyl (C=O) groups excluding carboxylic acids is 2. The molecule has 162 valence electrons. The summed E-state index contributed by atoms with van der Waals surface area (Å²) in [6.45, 7) is 1.91. The van der Waals surface area contributed by atoms with Crippen LogP contribution in [0, 0.1) is 7.14 Å². The standard InChI is InChI=1S/C21H18I2N2O5S/c1-3-29-18(26)11-30-19-15(22)8-12(9-16(19)23)10-17-20(27)25-21(31-17)24-13-4-6-14(28-2)7-5-13/h4-10H,3,11H2,1-2H3,(H,24,25,27)/b17-10+. The Bertz CT molecular complexity index is 1030. The smallest absolute Gasteiger partial charge is 0.344 e. The van der Waals surface area contributed by atoms with Gasteiger partial charge < -0.3 is 19.5 Å². The summed E-state index contributed by atoms with van der Waals surface area (Å²) in [5.41, 5.74) is 1.57. The third-order valence-electron chi connectivity index (χ3n) is 3.91. The number of benzene rings is 2. The molecule has 2 aromatic carbocycles. The summed E-state index contributed by atoms with van der Waals surface area (Å²) in [4.78, 5) is 28.9. The van der Waals surface area contributed by atoms with E-state index in [2.05, 4.69) is 55.5 Å². The van der Waals surface area contributed by atoms with Crippen molar-refractivity contribution < 1.29 is 23.8 Å². The minimum atomic E-state index is -0.414. The Labute approximate surface area is 211 Å². The van der Waals surface area contributed by atoms with Crippen LogP contribution in [0.2, 0.25) is 0 Å². The van der Waals surface area contributed by atoms with Crippen molar-refractivity contribution in [1.29, 1.82) is 0 Å². The molecule has 1 heterocycles. The van der Waals surface area contributed by atoms with Crippen molar-refractivity contribution in [3.63, 3.8) is 0 Å². The van der Waals surface area contributed by atoms with Gasteiger partial charge in [-0.3, -0.25) is 4.79 Å². The van der Waals surface area contributed by atoms with E-state index < -0.39 is 5.97 Å². The maximum atomic E-state index is 12.4. The van der Waals surface area contributed by atoms with Crippen LogP contribution in [0.5, 0.6) is 11.5 Å². The number of carbonyl (C=O) groups is 2. The Kier molecular flexibility index (Phi) is 8.60. The zero-order chi connectivity index (χ0) is 22.4. The zero-order valence-electron chi connectivity index (χ0n) is 16.6.